The van der Waals surface area contributed by atoms with E-state index >= 15 is 0 Å². The van der Waals surface area contributed by atoms with Gasteiger partial charge < -0.3 is 14.6 Å². The third kappa shape index (κ3) is 3.30. The minimum Gasteiger partial charge on any atom is -0.385 e. The van der Waals surface area contributed by atoms with Gasteiger partial charge in [-0.2, -0.15) is 0 Å². The molecule has 0 amide bonds. The van der Waals surface area contributed by atoms with E-state index in [1.165, 1.54) is 25.0 Å². The van der Waals surface area contributed by atoms with Crippen LogP contribution in [0.1, 0.15) is 31.9 Å². The van der Waals surface area contributed by atoms with Crippen LogP contribution in [0.25, 0.3) is 0 Å². The largest absolute Gasteiger partial charge is 0.385 e. The van der Waals surface area contributed by atoms with Gasteiger partial charge in [0.2, 0.25) is 0 Å². The maximum atomic E-state index is 5.19. The minimum absolute atomic E-state index is 0.484. The molecule has 0 unspecified atom stereocenters. The van der Waals surface area contributed by atoms with Gasteiger partial charge in [0.05, 0.1) is 12.0 Å². The first-order valence-corrected chi connectivity index (χ1v) is 6.48. The Morgan fingerprint density at radius 1 is 1.53 bits per heavy atom. The first-order valence-electron chi connectivity index (χ1n) is 6.48. The number of ether oxygens (including phenoxy) is 1. The molecule has 0 atom stereocenters. The summed E-state index contributed by atoms with van der Waals surface area (Å²) in [5, 5.41) is 3.35. The highest BCUT2D eigenvalue weighted by Crippen LogP contribution is 2.50. The number of nitrogens with zero attached hydrogens (tertiary/aromatic N) is 2. The van der Waals surface area contributed by atoms with Gasteiger partial charge in [-0.05, 0) is 31.2 Å². The fraction of sp³-hybridized carbons (Fsp3) is 0.769. The molecule has 1 fully saturated rings. The highest BCUT2D eigenvalue weighted by Gasteiger charge is 2.42. The van der Waals surface area contributed by atoms with Crippen LogP contribution in [0.5, 0.6) is 0 Å². The minimum atomic E-state index is 0.484. The summed E-state index contributed by atoms with van der Waals surface area (Å²) in [6.07, 6.45) is 7.75. The van der Waals surface area contributed by atoms with E-state index in [0.29, 0.717) is 5.41 Å². The molecule has 96 valence electrons. The molecule has 0 bridgehead atoms. The van der Waals surface area contributed by atoms with Gasteiger partial charge in [0.25, 0.3) is 0 Å². The van der Waals surface area contributed by atoms with Gasteiger partial charge in [0.15, 0.2) is 0 Å². The molecular formula is C13H23N3O. The van der Waals surface area contributed by atoms with E-state index in [1.54, 1.807) is 7.11 Å². The van der Waals surface area contributed by atoms with E-state index in [0.717, 1.165) is 26.2 Å². The second-order valence-corrected chi connectivity index (χ2v) is 5.04. The first-order chi connectivity index (χ1) is 8.29. The van der Waals surface area contributed by atoms with Gasteiger partial charge in [0.1, 0.15) is 0 Å². The summed E-state index contributed by atoms with van der Waals surface area (Å²) < 4.78 is 7.49. The van der Waals surface area contributed by atoms with Crippen molar-refractivity contribution in [2.24, 2.45) is 5.41 Å². The molecule has 1 aliphatic rings. The van der Waals surface area contributed by atoms with Crippen molar-refractivity contribution in [1.29, 1.82) is 0 Å². The number of hydrogen-bond donors (Lipinski definition) is 1. The first kappa shape index (κ1) is 12.6. The van der Waals surface area contributed by atoms with Crippen molar-refractivity contribution in [2.45, 2.75) is 39.3 Å². The molecule has 0 radical (unpaired) electrons. The van der Waals surface area contributed by atoms with Crippen LogP contribution in [0.2, 0.25) is 0 Å². The molecule has 17 heavy (non-hydrogen) atoms. The van der Waals surface area contributed by atoms with E-state index < -0.39 is 0 Å². The Labute approximate surface area is 103 Å². The zero-order chi connectivity index (χ0) is 12.1. The third-order valence-corrected chi connectivity index (χ3v) is 3.65. The van der Waals surface area contributed by atoms with Gasteiger partial charge in [-0.1, -0.05) is 6.92 Å². The highest BCUT2D eigenvalue weighted by molar-refractivity contribution is 5.02. The number of methoxy groups -OCH3 is 1. The SMILES string of the molecule is CCNCc1cncn1CC1(CCOC)CC1. The van der Waals surface area contributed by atoms with Crippen molar-refractivity contribution >= 4 is 0 Å². The summed E-state index contributed by atoms with van der Waals surface area (Å²) in [6, 6.07) is 0. The Morgan fingerprint density at radius 2 is 2.35 bits per heavy atom. The lowest BCUT2D eigenvalue weighted by Crippen LogP contribution is -2.19. The van der Waals surface area contributed by atoms with E-state index in [-0.39, 0.29) is 0 Å². The lowest BCUT2D eigenvalue weighted by molar-refractivity contribution is 0.166. The Hall–Kier alpha value is -0.870. The van der Waals surface area contributed by atoms with Crippen LogP contribution >= 0.6 is 0 Å². The average Bonchev–Trinajstić information content (AvgIpc) is 2.96. The molecule has 0 saturated heterocycles. The van der Waals surface area contributed by atoms with E-state index in [9.17, 15) is 0 Å². The Balaban J connectivity index is 1.91. The molecule has 4 heteroatoms. The van der Waals surface area contributed by atoms with Gasteiger partial charge in [0, 0.05) is 33.0 Å². The second-order valence-electron chi connectivity index (χ2n) is 5.04. The summed E-state index contributed by atoms with van der Waals surface area (Å²) in [4.78, 5) is 4.26. The van der Waals surface area contributed by atoms with Gasteiger partial charge >= 0.3 is 0 Å². The molecule has 1 heterocycles. The molecule has 4 nitrogen and oxygen atoms in total. The van der Waals surface area contributed by atoms with Crippen molar-refractivity contribution in [3.63, 3.8) is 0 Å². The number of nitrogens with one attached hydrogen (secondary N) is 1. The molecule has 1 aromatic rings. The van der Waals surface area contributed by atoms with Crippen LogP contribution in [-0.2, 0) is 17.8 Å². The molecule has 1 aliphatic carbocycles. The maximum absolute atomic E-state index is 5.19. The van der Waals surface area contributed by atoms with Crippen LogP contribution in [0.15, 0.2) is 12.5 Å². The fourth-order valence-corrected chi connectivity index (χ4v) is 2.23. The lowest BCUT2D eigenvalue weighted by atomic mass is 10.0. The van der Waals surface area contributed by atoms with Crippen LogP contribution in [0.4, 0.5) is 0 Å². The average molecular weight is 237 g/mol. The van der Waals surface area contributed by atoms with Crippen molar-refractivity contribution in [3.8, 4) is 0 Å². The summed E-state index contributed by atoms with van der Waals surface area (Å²) in [7, 11) is 1.78. The summed E-state index contributed by atoms with van der Waals surface area (Å²) in [5.41, 5.74) is 1.77. The third-order valence-electron chi connectivity index (χ3n) is 3.65. The summed E-state index contributed by atoms with van der Waals surface area (Å²) in [6.45, 7) is 6.01. The Kier molecular flexibility index (Phi) is 4.18. The molecule has 0 aromatic carbocycles. The van der Waals surface area contributed by atoms with E-state index in [1.807, 2.05) is 12.5 Å². The van der Waals surface area contributed by atoms with Gasteiger partial charge in [-0.25, -0.2) is 4.98 Å². The quantitative estimate of drug-likeness (QED) is 0.749. The smallest absolute Gasteiger partial charge is 0.0948 e. The highest BCUT2D eigenvalue weighted by atomic mass is 16.5. The molecule has 0 aliphatic heterocycles. The predicted octanol–water partition coefficient (Wildman–Crippen LogP) is 1.81. The summed E-state index contributed by atoms with van der Waals surface area (Å²) in [5.74, 6) is 0. The predicted molar refractivity (Wildman–Crippen MR) is 67.8 cm³/mol. The zero-order valence-corrected chi connectivity index (χ0v) is 10.9. The summed E-state index contributed by atoms with van der Waals surface area (Å²) >= 11 is 0. The Bertz CT molecular complexity index is 344. The van der Waals surface area contributed by atoms with E-state index in [2.05, 4.69) is 21.8 Å². The van der Waals surface area contributed by atoms with Crippen LogP contribution in [0.3, 0.4) is 0 Å². The van der Waals surface area contributed by atoms with Crippen LogP contribution < -0.4 is 5.32 Å². The van der Waals surface area contributed by atoms with Crippen molar-refractivity contribution in [3.05, 3.63) is 18.2 Å². The Morgan fingerprint density at radius 3 is 3.00 bits per heavy atom. The van der Waals surface area contributed by atoms with Gasteiger partial charge in [-0.3, -0.25) is 0 Å². The standard InChI is InChI=1S/C13H23N3O/c1-3-14-8-12-9-15-11-16(12)10-13(4-5-13)6-7-17-2/h9,11,14H,3-8,10H2,1-2H3. The monoisotopic (exact) mass is 237 g/mol. The molecule has 1 aromatic heterocycles. The van der Waals surface area contributed by atoms with E-state index in [4.69, 9.17) is 4.74 Å². The van der Waals surface area contributed by atoms with Crippen molar-refractivity contribution in [2.75, 3.05) is 20.3 Å². The number of hydrogen-bond acceptors (Lipinski definition) is 3. The molecular weight excluding hydrogens is 214 g/mol. The maximum Gasteiger partial charge on any atom is 0.0948 e. The van der Waals surface area contributed by atoms with Crippen LogP contribution in [-0.4, -0.2) is 29.8 Å². The fourth-order valence-electron chi connectivity index (χ4n) is 2.23. The molecule has 1 saturated carbocycles. The van der Waals surface area contributed by atoms with Crippen molar-refractivity contribution in [1.82, 2.24) is 14.9 Å². The van der Waals surface area contributed by atoms with Crippen molar-refractivity contribution < 1.29 is 4.74 Å². The normalized spacial score (nSPS) is 17.3. The lowest BCUT2D eigenvalue weighted by Gasteiger charge is -2.17. The zero-order valence-electron chi connectivity index (χ0n) is 10.9. The number of imidazole rings is 1. The molecule has 2 rings (SSSR count). The molecule has 1 N–H and O–H groups in total. The number of aromatic nitrogens is 2. The van der Waals surface area contributed by atoms with Crippen LogP contribution in [0, 0.1) is 5.41 Å². The second kappa shape index (κ2) is 5.65. The molecule has 0 spiro atoms. The van der Waals surface area contributed by atoms with Gasteiger partial charge in [-0.15, -0.1) is 0 Å². The number of rotatable bonds is 8. The topological polar surface area (TPSA) is 39.1 Å².